The first-order valence-corrected chi connectivity index (χ1v) is 4.83. The number of carbonyl (C=O) groups excluding carboxylic acids is 2. The van der Waals surface area contributed by atoms with Crippen molar-refractivity contribution in [2.75, 3.05) is 13.7 Å². The van der Waals surface area contributed by atoms with Crippen LogP contribution in [0.15, 0.2) is 0 Å². The second-order valence-corrected chi connectivity index (χ2v) is 3.16. The molecule has 1 atom stereocenters. The van der Waals surface area contributed by atoms with Crippen LogP contribution in [0.5, 0.6) is 0 Å². The first-order valence-electron chi connectivity index (χ1n) is 4.83. The molecule has 0 aliphatic rings. The van der Waals surface area contributed by atoms with Crippen molar-refractivity contribution >= 4 is 11.9 Å². The van der Waals surface area contributed by atoms with Crippen LogP contribution in [0.3, 0.4) is 0 Å². The molecule has 0 rings (SSSR count). The van der Waals surface area contributed by atoms with Crippen molar-refractivity contribution in [1.82, 2.24) is 0 Å². The van der Waals surface area contributed by atoms with Crippen LogP contribution in [0.4, 0.5) is 0 Å². The summed E-state index contributed by atoms with van der Waals surface area (Å²) < 4.78 is 9.40. The number of rotatable bonds is 6. The molecule has 1 unspecified atom stereocenters. The maximum Gasteiger partial charge on any atom is 0.312 e. The molecule has 0 spiro atoms. The number of unbranched alkanes of at least 4 members (excludes halogenated alkanes) is 1. The van der Waals surface area contributed by atoms with Crippen LogP contribution in [0, 0.1) is 5.92 Å². The van der Waals surface area contributed by atoms with E-state index < -0.39 is 0 Å². The monoisotopic (exact) mass is 202 g/mol. The Morgan fingerprint density at radius 2 is 2.00 bits per heavy atom. The van der Waals surface area contributed by atoms with E-state index >= 15 is 0 Å². The largest absolute Gasteiger partial charge is 0.469 e. The van der Waals surface area contributed by atoms with Crippen molar-refractivity contribution in [2.24, 2.45) is 5.92 Å². The molecule has 0 N–H and O–H groups in total. The molecule has 0 amide bonds. The molecule has 82 valence electrons. The Kier molecular flexibility index (Phi) is 6.80. The number of methoxy groups -OCH3 is 1. The quantitative estimate of drug-likeness (QED) is 0.613. The van der Waals surface area contributed by atoms with Gasteiger partial charge in [-0.2, -0.15) is 0 Å². The second kappa shape index (κ2) is 7.35. The van der Waals surface area contributed by atoms with Crippen molar-refractivity contribution in [3.63, 3.8) is 0 Å². The predicted molar refractivity (Wildman–Crippen MR) is 51.7 cm³/mol. The fourth-order valence-corrected chi connectivity index (χ4v) is 1.10. The highest BCUT2D eigenvalue weighted by atomic mass is 16.5. The van der Waals surface area contributed by atoms with Gasteiger partial charge in [0.1, 0.15) is 6.61 Å². The Hall–Kier alpha value is -1.06. The van der Waals surface area contributed by atoms with Gasteiger partial charge in [-0.05, 0) is 6.42 Å². The van der Waals surface area contributed by atoms with Gasteiger partial charge in [-0.1, -0.05) is 19.8 Å². The molecule has 4 heteroatoms. The third-order valence-electron chi connectivity index (χ3n) is 1.93. The number of esters is 2. The summed E-state index contributed by atoms with van der Waals surface area (Å²) in [5.74, 6) is -0.987. The Morgan fingerprint density at radius 3 is 2.43 bits per heavy atom. The number of ether oxygens (including phenoxy) is 2. The maximum atomic E-state index is 11.2. The lowest BCUT2D eigenvalue weighted by Gasteiger charge is -2.13. The molecule has 0 aromatic heterocycles. The van der Waals surface area contributed by atoms with Crippen molar-refractivity contribution in [3.05, 3.63) is 0 Å². The van der Waals surface area contributed by atoms with Crippen LogP contribution < -0.4 is 0 Å². The van der Waals surface area contributed by atoms with Gasteiger partial charge >= 0.3 is 11.9 Å². The zero-order valence-corrected chi connectivity index (χ0v) is 9.04. The van der Waals surface area contributed by atoms with Crippen molar-refractivity contribution in [1.29, 1.82) is 0 Å². The van der Waals surface area contributed by atoms with E-state index in [1.807, 2.05) is 6.92 Å². The minimum Gasteiger partial charge on any atom is -0.469 e. The minimum atomic E-state index is -0.365. The van der Waals surface area contributed by atoms with E-state index in [1.54, 1.807) is 0 Å². The summed E-state index contributed by atoms with van der Waals surface area (Å²) in [6.07, 6.45) is 2.64. The van der Waals surface area contributed by atoms with Gasteiger partial charge in [0.2, 0.25) is 0 Å². The van der Waals surface area contributed by atoms with E-state index in [-0.39, 0.29) is 24.5 Å². The summed E-state index contributed by atoms with van der Waals surface area (Å²) in [6.45, 7) is 3.50. The molecular weight excluding hydrogens is 184 g/mol. The SMILES string of the molecule is CCCCC(COC(C)=O)C(=O)OC. The van der Waals surface area contributed by atoms with Crippen molar-refractivity contribution < 1.29 is 19.1 Å². The number of hydrogen-bond acceptors (Lipinski definition) is 4. The molecule has 0 heterocycles. The number of hydrogen-bond donors (Lipinski definition) is 0. The third kappa shape index (κ3) is 5.56. The van der Waals surface area contributed by atoms with E-state index in [0.717, 1.165) is 12.8 Å². The topological polar surface area (TPSA) is 52.6 Å². The van der Waals surface area contributed by atoms with Crippen LogP contribution >= 0.6 is 0 Å². The average molecular weight is 202 g/mol. The average Bonchev–Trinajstić information content (AvgIpc) is 2.16. The second-order valence-electron chi connectivity index (χ2n) is 3.16. The third-order valence-corrected chi connectivity index (χ3v) is 1.93. The maximum absolute atomic E-state index is 11.2. The molecule has 0 bridgehead atoms. The van der Waals surface area contributed by atoms with Gasteiger partial charge in [-0.25, -0.2) is 0 Å². The summed E-state index contributed by atoms with van der Waals surface area (Å²) in [5.41, 5.74) is 0. The molecule has 4 nitrogen and oxygen atoms in total. The first kappa shape index (κ1) is 12.9. The fraction of sp³-hybridized carbons (Fsp3) is 0.800. The zero-order valence-electron chi connectivity index (χ0n) is 9.04. The Morgan fingerprint density at radius 1 is 1.36 bits per heavy atom. The van der Waals surface area contributed by atoms with Gasteiger partial charge in [-0.15, -0.1) is 0 Å². The highest BCUT2D eigenvalue weighted by molar-refractivity contribution is 5.73. The van der Waals surface area contributed by atoms with Crippen LogP contribution in [0.2, 0.25) is 0 Å². The standard InChI is InChI=1S/C10H18O4/c1-4-5-6-9(10(12)13-3)7-14-8(2)11/h9H,4-7H2,1-3H3. The number of carbonyl (C=O) groups is 2. The van der Waals surface area contributed by atoms with Gasteiger partial charge in [0.05, 0.1) is 13.0 Å². The molecule has 0 aliphatic carbocycles. The van der Waals surface area contributed by atoms with Crippen molar-refractivity contribution in [2.45, 2.75) is 33.1 Å². The summed E-state index contributed by atoms with van der Waals surface area (Å²) in [6, 6.07) is 0. The summed E-state index contributed by atoms with van der Waals surface area (Å²) in [5, 5.41) is 0. The molecule has 0 saturated carbocycles. The molecule has 0 aromatic carbocycles. The highest BCUT2D eigenvalue weighted by Crippen LogP contribution is 2.10. The Bertz CT molecular complexity index is 189. The lowest BCUT2D eigenvalue weighted by atomic mass is 10.0. The smallest absolute Gasteiger partial charge is 0.312 e. The minimum absolute atomic E-state index is 0.127. The lowest BCUT2D eigenvalue weighted by Crippen LogP contribution is -2.22. The molecular formula is C10H18O4. The molecule has 0 fully saturated rings. The molecule has 0 radical (unpaired) electrons. The van der Waals surface area contributed by atoms with Gasteiger partial charge in [0.15, 0.2) is 0 Å². The lowest BCUT2D eigenvalue weighted by molar-refractivity contribution is -0.152. The van der Waals surface area contributed by atoms with E-state index in [2.05, 4.69) is 4.74 Å². The predicted octanol–water partition coefficient (Wildman–Crippen LogP) is 1.53. The van der Waals surface area contributed by atoms with E-state index in [1.165, 1.54) is 14.0 Å². The fourth-order valence-electron chi connectivity index (χ4n) is 1.10. The van der Waals surface area contributed by atoms with Crippen LogP contribution in [-0.2, 0) is 19.1 Å². The van der Waals surface area contributed by atoms with Gasteiger partial charge in [-0.3, -0.25) is 9.59 Å². The van der Waals surface area contributed by atoms with E-state index in [4.69, 9.17) is 4.74 Å². The van der Waals surface area contributed by atoms with E-state index in [0.29, 0.717) is 6.42 Å². The molecule has 14 heavy (non-hydrogen) atoms. The first-order chi connectivity index (χ1) is 6.61. The van der Waals surface area contributed by atoms with Gasteiger partial charge in [0.25, 0.3) is 0 Å². The normalized spacial score (nSPS) is 11.9. The van der Waals surface area contributed by atoms with Crippen LogP contribution in [0.25, 0.3) is 0 Å². The zero-order chi connectivity index (χ0) is 11.0. The summed E-state index contributed by atoms with van der Waals surface area (Å²) in [7, 11) is 1.34. The summed E-state index contributed by atoms with van der Waals surface area (Å²) in [4.78, 5) is 21.8. The summed E-state index contributed by atoms with van der Waals surface area (Å²) >= 11 is 0. The van der Waals surface area contributed by atoms with Gasteiger partial charge < -0.3 is 9.47 Å². The van der Waals surface area contributed by atoms with Crippen LogP contribution in [-0.4, -0.2) is 25.7 Å². The van der Waals surface area contributed by atoms with E-state index in [9.17, 15) is 9.59 Å². The molecule has 0 aromatic rings. The Labute approximate surface area is 84.6 Å². The Balaban J connectivity index is 3.96. The van der Waals surface area contributed by atoms with Crippen molar-refractivity contribution in [3.8, 4) is 0 Å². The van der Waals surface area contributed by atoms with Gasteiger partial charge in [0, 0.05) is 6.92 Å². The van der Waals surface area contributed by atoms with Crippen LogP contribution in [0.1, 0.15) is 33.1 Å². The molecule has 0 saturated heterocycles. The highest BCUT2D eigenvalue weighted by Gasteiger charge is 2.19. The molecule has 0 aliphatic heterocycles.